The Bertz CT molecular complexity index is 638. The third-order valence-corrected chi connectivity index (χ3v) is 4.76. The number of aromatic nitrogens is 1. The molecule has 0 spiro atoms. The van der Waals surface area contributed by atoms with Crippen LogP contribution in [0.25, 0.3) is 9.88 Å². The third kappa shape index (κ3) is 3.78. The topological polar surface area (TPSA) is 70.5 Å². The lowest BCUT2D eigenvalue weighted by Crippen LogP contribution is -2.33. The number of amides is 1. The van der Waals surface area contributed by atoms with Crippen LogP contribution in [0.4, 0.5) is 0 Å². The molecule has 8 heteroatoms. The first-order valence-electron chi connectivity index (χ1n) is 5.61. The van der Waals surface area contributed by atoms with Crippen LogP contribution in [-0.2, 0) is 16.0 Å². The predicted molar refractivity (Wildman–Crippen MR) is 79.4 cm³/mol. The Kier molecular flexibility index (Phi) is 4.74. The van der Waals surface area contributed by atoms with E-state index in [4.69, 9.17) is 16.7 Å². The van der Waals surface area contributed by atoms with Gasteiger partial charge in [-0.15, -0.1) is 22.7 Å². The number of hydrogen-bond acceptors (Lipinski definition) is 5. The lowest BCUT2D eigenvalue weighted by molar-refractivity contribution is -0.143. The average Bonchev–Trinajstić information content (AvgIpc) is 2.97. The smallest absolute Gasteiger partial charge is 0.323 e. The van der Waals surface area contributed by atoms with Crippen LogP contribution in [-0.4, -0.2) is 40.5 Å². The van der Waals surface area contributed by atoms with Crippen LogP contribution in [0.5, 0.6) is 0 Å². The summed E-state index contributed by atoms with van der Waals surface area (Å²) in [5.74, 6) is -1.30. The van der Waals surface area contributed by atoms with Gasteiger partial charge in [-0.2, -0.15) is 0 Å². The fourth-order valence-electron chi connectivity index (χ4n) is 1.51. The molecular weight excluding hydrogens is 320 g/mol. The first-order chi connectivity index (χ1) is 9.45. The van der Waals surface area contributed by atoms with Crippen molar-refractivity contribution in [3.63, 3.8) is 0 Å². The molecule has 1 amide bonds. The Balaban J connectivity index is 2.03. The second-order valence-corrected chi connectivity index (χ2v) is 6.64. The highest BCUT2D eigenvalue weighted by Crippen LogP contribution is 2.32. The number of carbonyl (C=O) groups excluding carboxylic acids is 1. The van der Waals surface area contributed by atoms with E-state index in [-0.39, 0.29) is 18.9 Å². The van der Waals surface area contributed by atoms with Gasteiger partial charge in [0.1, 0.15) is 11.6 Å². The zero-order valence-electron chi connectivity index (χ0n) is 10.5. The van der Waals surface area contributed by atoms with E-state index in [9.17, 15) is 9.59 Å². The maximum Gasteiger partial charge on any atom is 0.323 e. The molecular formula is C12H11ClN2O3S2. The van der Waals surface area contributed by atoms with Crippen molar-refractivity contribution in [3.05, 3.63) is 27.5 Å². The average molecular weight is 331 g/mol. The molecule has 0 aliphatic carbocycles. The SMILES string of the molecule is CN(CC(=O)O)C(=O)Cc1csc(-c2ccc(Cl)s2)n1. The van der Waals surface area contributed by atoms with Gasteiger partial charge in [-0.05, 0) is 12.1 Å². The Hall–Kier alpha value is -1.44. The van der Waals surface area contributed by atoms with Crippen molar-refractivity contribution in [2.24, 2.45) is 0 Å². The molecule has 2 aromatic heterocycles. The number of likely N-dealkylation sites (N-methyl/N-ethyl adjacent to an activating group) is 1. The van der Waals surface area contributed by atoms with Gasteiger partial charge >= 0.3 is 5.97 Å². The number of carbonyl (C=O) groups is 2. The number of thiophene rings is 1. The molecule has 106 valence electrons. The fourth-order valence-corrected chi connectivity index (χ4v) is 3.45. The summed E-state index contributed by atoms with van der Waals surface area (Å²) in [6.45, 7) is -0.309. The van der Waals surface area contributed by atoms with E-state index in [0.717, 1.165) is 9.88 Å². The van der Waals surface area contributed by atoms with Crippen LogP contribution in [0.2, 0.25) is 4.34 Å². The lowest BCUT2D eigenvalue weighted by Gasteiger charge is -2.13. The molecule has 0 aromatic carbocycles. The zero-order chi connectivity index (χ0) is 14.7. The summed E-state index contributed by atoms with van der Waals surface area (Å²) in [5, 5.41) is 11.2. The monoisotopic (exact) mass is 330 g/mol. The van der Waals surface area contributed by atoms with Crippen molar-refractivity contribution in [1.82, 2.24) is 9.88 Å². The van der Waals surface area contributed by atoms with Crippen LogP contribution in [0.1, 0.15) is 5.69 Å². The van der Waals surface area contributed by atoms with Crippen molar-refractivity contribution in [1.29, 1.82) is 0 Å². The van der Waals surface area contributed by atoms with E-state index in [1.807, 2.05) is 6.07 Å². The van der Waals surface area contributed by atoms with Gasteiger partial charge in [0.2, 0.25) is 5.91 Å². The molecule has 2 aromatic rings. The van der Waals surface area contributed by atoms with E-state index in [0.29, 0.717) is 10.0 Å². The molecule has 0 radical (unpaired) electrons. The minimum atomic E-state index is -1.03. The Labute approximate surface area is 128 Å². The highest BCUT2D eigenvalue weighted by Gasteiger charge is 2.15. The van der Waals surface area contributed by atoms with Crippen LogP contribution in [0.15, 0.2) is 17.5 Å². The van der Waals surface area contributed by atoms with Crippen molar-refractivity contribution < 1.29 is 14.7 Å². The van der Waals surface area contributed by atoms with Gasteiger partial charge < -0.3 is 10.0 Å². The molecule has 20 heavy (non-hydrogen) atoms. The molecule has 0 aliphatic rings. The number of carboxylic acid groups (broad SMARTS) is 1. The summed E-state index contributed by atoms with van der Waals surface area (Å²) in [4.78, 5) is 28.8. The molecule has 0 fully saturated rings. The highest BCUT2D eigenvalue weighted by atomic mass is 35.5. The number of thiazole rings is 1. The Morgan fingerprint density at radius 1 is 1.45 bits per heavy atom. The lowest BCUT2D eigenvalue weighted by atomic mass is 10.3. The Morgan fingerprint density at radius 3 is 2.80 bits per heavy atom. The van der Waals surface area contributed by atoms with Crippen molar-refractivity contribution in [2.45, 2.75) is 6.42 Å². The van der Waals surface area contributed by atoms with Crippen LogP contribution in [0, 0.1) is 0 Å². The van der Waals surface area contributed by atoms with Gasteiger partial charge in [0, 0.05) is 12.4 Å². The van der Waals surface area contributed by atoms with Gasteiger partial charge in [-0.25, -0.2) is 4.98 Å². The summed E-state index contributed by atoms with van der Waals surface area (Å²) in [7, 11) is 1.46. The molecule has 1 N–H and O–H groups in total. The van der Waals surface area contributed by atoms with Crippen LogP contribution >= 0.6 is 34.3 Å². The summed E-state index contributed by atoms with van der Waals surface area (Å²) in [5.41, 5.74) is 0.636. The predicted octanol–water partition coefficient (Wildman–Crippen LogP) is 2.61. The standard InChI is InChI=1S/C12H11ClN2O3S2/c1-15(5-11(17)18)10(16)4-7-6-19-12(14-7)8-2-3-9(13)20-8/h2-3,6H,4-5H2,1H3,(H,17,18). The molecule has 2 rings (SSSR count). The zero-order valence-corrected chi connectivity index (χ0v) is 12.9. The maximum absolute atomic E-state index is 11.8. The van der Waals surface area contributed by atoms with Gasteiger partial charge in [0.25, 0.3) is 0 Å². The summed E-state index contributed by atoms with van der Waals surface area (Å²) >= 11 is 8.74. The van der Waals surface area contributed by atoms with E-state index in [1.54, 1.807) is 11.4 Å². The van der Waals surface area contributed by atoms with Gasteiger partial charge in [-0.1, -0.05) is 11.6 Å². The second kappa shape index (κ2) is 6.34. The van der Waals surface area contributed by atoms with Gasteiger partial charge in [0.05, 0.1) is 21.3 Å². The van der Waals surface area contributed by atoms with Crippen molar-refractivity contribution >= 4 is 46.2 Å². The highest BCUT2D eigenvalue weighted by molar-refractivity contribution is 7.23. The summed E-state index contributed by atoms with van der Waals surface area (Å²) in [6, 6.07) is 3.68. The third-order valence-electron chi connectivity index (χ3n) is 2.47. The minimum absolute atomic E-state index is 0.0966. The van der Waals surface area contributed by atoms with Gasteiger partial charge in [-0.3, -0.25) is 9.59 Å². The fraction of sp³-hybridized carbons (Fsp3) is 0.250. The number of aliphatic carboxylic acids is 1. The van der Waals surface area contributed by atoms with E-state index in [1.165, 1.54) is 34.6 Å². The molecule has 5 nitrogen and oxygen atoms in total. The number of carboxylic acids is 1. The Morgan fingerprint density at radius 2 is 2.20 bits per heavy atom. The first-order valence-corrected chi connectivity index (χ1v) is 7.69. The van der Waals surface area contributed by atoms with Crippen molar-refractivity contribution in [3.8, 4) is 9.88 Å². The van der Waals surface area contributed by atoms with Crippen molar-refractivity contribution in [2.75, 3.05) is 13.6 Å². The molecule has 0 saturated carbocycles. The van der Waals surface area contributed by atoms with Crippen LogP contribution < -0.4 is 0 Å². The van der Waals surface area contributed by atoms with E-state index in [2.05, 4.69) is 4.98 Å². The molecule has 0 unspecified atom stereocenters. The molecule has 0 aliphatic heterocycles. The number of hydrogen-bond donors (Lipinski definition) is 1. The normalized spacial score (nSPS) is 10.5. The molecule has 0 atom stereocenters. The van der Waals surface area contributed by atoms with E-state index < -0.39 is 5.97 Å². The largest absolute Gasteiger partial charge is 0.480 e. The first kappa shape index (κ1) is 15.0. The quantitative estimate of drug-likeness (QED) is 0.914. The van der Waals surface area contributed by atoms with E-state index >= 15 is 0 Å². The maximum atomic E-state index is 11.8. The van der Waals surface area contributed by atoms with Crippen LogP contribution in [0.3, 0.4) is 0 Å². The number of halogens is 1. The minimum Gasteiger partial charge on any atom is -0.480 e. The second-order valence-electron chi connectivity index (χ2n) is 4.07. The molecule has 2 heterocycles. The number of rotatable bonds is 5. The molecule has 0 saturated heterocycles. The molecule has 0 bridgehead atoms. The number of nitrogens with zero attached hydrogens (tertiary/aromatic N) is 2. The summed E-state index contributed by atoms with van der Waals surface area (Å²) < 4.78 is 0.689. The summed E-state index contributed by atoms with van der Waals surface area (Å²) in [6.07, 6.45) is 0.0966. The van der Waals surface area contributed by atoms with Gasteiger partial charge in [0.15, 0.2) is 0 Å².